The van der Waals surface area contributed by atoms with E-state index in [4.69, 9.17) is 38.5 Å². The van der Waals surface area contributed by atoms with Gasteiger partial charge in [0.15, 0.2) is 18.0 Å². The van der Waals surface area contributed by atoms with E-state index in [9.17, 15) is 19.4 Å². The van der Waals surface area contributed by atoms with Gasteiger partial charge < -0.3 is 39.1 Å². The van der Waals surface area contributed by atoms with Crippen LogP contribution in [0, 0.1) is 11.8 Å². The number of fused-ring (bicyclic) bond motifs is 1. The third-order valence-electron chi connectivity index (χ3n) is 9.12. The van der Waals surface area contributed by atoms with Gasteiger partial charge >= 0.3 is 19.7 Å². The zero-order chi connectivity index (χ0) is 39.8. The first-order valence-electron chi connectivity index (χ1n) is 18.3. The number of nitrogens with two attached hydrogens (primary N) is 1. The molecule has 6 atom stereocenters. The Labute approximate surface area is 320 Å². The minimum Gasteiger partial charge on any atom is -0.468 e. The average molecular weight is 790 g/mol. The number of esters is 2. The molecule has 4 heterocycles. The van der Waals surface area contributed by atoms with E-state index in [1.165, 1.54) is 17.8 Å². The minimum atomic E-state index is -4.42. The fourth-order valence-corrected chi connectivity index (χ4v) is 7.66. The molecular formula is C36H52N7O11P. The molecule has 4 N–H and O–H groups in total. The maximum atomic E-state index is 14.6. The van der Waals surface area contributed by atoms with Gasteiger partial charge in [-0.25, -0.2) is 14.1 Å². The molecule has 2 fully saturated rings. The Morgan fingerprint density at radius 2 is 1.80 bits per heavy atom. The van der Waals surface area contributed by atoms with Crippen molar-refractivity contribution < 1.29 is 52.1 Å². The van der Waals surface area contributed by atoms with Crippen LogP contribution >= 0.6 is 7.75 Å². The number of aromatic nitrogens is 3. The van der Waals surface area contributed by atoms with Gasteiger partial charge in [-0.2, -0.15) is 10.2 Å². The van der Waals surface area contributed by atoms with Crippen LogP contribution < -0.4 is 15.3 Å². The number of carbonyl (C=O) groups excluding carboxylic acids is 2. The Bertz CT molecular complexity index is 1820. The summed E-state index contributed by atoms with van der Waals surface area (Å²) in [6.07, 6.45) is -1.56. The summed E-state index contributed by atoms with van der Waals surface area (Å²) in [6, 6.07) is 10.6. The summed E-state index contributed by atoms with van der Waals surface area (Å²) in [7, 11) is -4.42. The molecule has 5 rings (SSSR count). The Morgan fingerprint density at radius 1 is 1.07 bits per heavy atom. The van der Waals surface area contributed by atoms with Crippen LogP contribution in [0.2, 0.25) is 0 Å². The first-order chi connectivity index (χ1) is 26.2. The zero-order valence-electron chi connectivity index (χ0n) is 32.0. The lowest BCUT2D eigenvalue weighted by Gasteiger charge is -2.33. The third-order valence-corrected chi connectivity index (χ3v) is 10.7. The summed E-state index contributed by atoms with van der Waals surface area (Å²) in [6.45, 7) is 13.3. The number of nitrogens with zero attached hydrogens (tertiary/aromatic N) is 5. The van der Waals surface area contributed by atoms with Crippen LogP contribution in [-0.4, -0.2) is 112 Å². The van der Waals surface area contributed by atoms with Gasteiger partial charge in [0.25, 0.3) is 0 Å². The fourth-order valence-electron chi connectivity index (χ4n) is 6.08. The quantitative estimate of drug-likeness (QED) is 0.0335. The molecule has 3 aromatic rings. The second-order valence-corrected chi connectivity index (χ2v) is 15.9. The molecule has 2 aliphatic heterocycles. The first kappa shape index (κ1) is 41.8. The van der Waals surface area contributed by atoms with E-state index in [1.54, 1.807) is 77.1 Å². The second-order valence-electron chi connectivity index (χ2n) is 14.2. The molecule has 0 radical (unpaired) electrons. The van der Waals surface area contributed by atoms with E-state index in [0.717, 1.165) is 19.6 Å². The normalized spacial score (nSPS) is 23.8. The summed E-state index contributed by atoms with van der Waals surface area (Å²) in [5, 5.41) is 20.4. The van der Waals surface area contributed by atoms with Crippen molar-refractivity contribution >= 4 is 36.9 Å². The predicted octanol–water partition coefficient (Wildman–Crippen LogP) is 3.99. The molecule has 2 saturated heterocycles. The lowest BCUT2D eigenvalue weighted by molar-refractivity contribution is -0.159. The number of hydrogen-bond acceptors (Lipinski definition) is 16. The summed E-state index contributed by atoms with van der Waals surface area (Å²) >= 11 is 0. The van der Waals surface area contributed by atoms with E-state index >= 15 is 0 Å². The number of benzene rings is 1. The fraction of sp³-hybridized carbons (Fsp3) is 0.583. The molecule has 19 heteroatoms. The number of nitrogens with one attached hydrogen (secondary N) is 1. The molecule has 0 saturated carbocycles. The largest absolute Gasteiger partial charge is 0.468 e. The predicted molar refractivity (Wildman–Crippen MR) is 199 cm³/mol. The molecule has 0 amide bonds. The van der Waals surface area contributed by atoms with Gasteiger partial charge in [-0.3, -0.25) is 19.0 Å². The number of nitrogen functional groups attached to an aromatic ring is 1. The molecule has 302 valence electrons. The molecule has 0 bridgehead atoms. The van der Waals surface area contributed by atoms with E-state index in [1.807, 2.05) is 0 Å². The van der Waals surface area contributed by atoms with Gasteiger partial charge in [-0.15, -0.1) is 0 Å². The molecular weight excluding hydrogens is 737 g/mol. The van der Waals surface area contributed by atoms with Crippen LogP contribution in [0.15, 0.2) is 53.9 Å². The Hall–Kier alpha value is -4.32. The zero-order valence-corrected chi connectivity index (χ0v) is 32.9. The van der Waals surface area contributed by atoms with Crippen molar-refractivity contribution in [1.82, 2.24) is 24.6 Å². The highest BCUT2D eigenvalue weighted by molar-refractivity contribution is 7.52. The number of morpholine rings is 1. The Kier molecular flexibility index (Phi) is 14.1. The SMILES string of the molecule is CC(C)C(=O)O[C@H]1[C@H](c2ccc3c(N)ncnn23)O[C@](C)(COP(=O)(N[C@@H](C)C(=O)OCCCN2CCOCC2)Oc2ccccc2)[C@H]1OC(=NO)C(C)C. The van der Waals surface area contributed by atoms with Crippen LogP contribution in [-0.2, 0) is 42.4 Å². The first-order valence-corrected chi connectivity index (χ1v) is 19.9. The number of anilines is 1. The molecule has 0 aliphatic carbocycles. The number of ether oxygens (including phenoxy) is 5. The number of rotatable bonds is 17. The minimum absolute atomic E-state index is 0.0792. The van der Waals surface area contributed by atoms with Crippen LogP contribution in [0.1, 0.15) is 59.8 Å². The van der Waals surface area contributed by atoms with Crippen LogP contribution in [0.4, 0.5) is 5.82 Å². The van der Waals surface area contributed by atoms with E-state index in [-0.39, 0.29) is 24.1 Å². The van der Waals surface area contributed by atoms with Gasteiger partial charge in [0.1, 0.15) is 35.3 Å². The number of carbonyl (C=O) groups is 2. The molecule has 18 nitrogen and oxygen atoms in total. The maximum absolute atomic E-state index is 14.6. The van der Waals surface area contributed by atoms with Crippen LogP contribution in [0.25, 0.3) is 5.52 Å². The standard InChI is InChI=1S/C36H52N7O11P/c1-23(2)33(40-46)52-31-30(51-34(44)24(3)4)29(27-13-14-28-32(37)38-22-39-43(27)28)53-36(31,6)21-50-55(47,54-26-11-8-7-9-12-26)41-25(5)35(45)49-18-10-15-42-16-19-48-20-17-42/h7-9,11-14,22-25,29-31,46H,10,15-21H2,1-6H3,(H,41,47)(H2,37,38,39)/t25-,29-,30-,31-,36+,55?/m0/s1. The van der Waals surface area contributed by atoms with E-state index in [0.29, 0.717) is 30.8 Å². The van der Waals surface area contributed by atoms with Crippen molar-refractivity contribution in [3.05, 3.63) is 54.5 Å². The van der Waals surface area contributed by atoms with E-state index in [2.05, 4.69) is 25.2 Å². The van der Waals surface area contributed by atoms with Crippen molar-refractivity contribution in [2.75, 3.05) is 51.8 Å². The molecule has 0 spiro atoms. The van der Waals surface area contributed by atoms with Gasteiger partial charge in [0.05, 0.1) is 38.0 Å². The van der Waals surface area contributed by atoms with Crippen molar-refractivity contribution in [3.63, 3.8) is 0 Å². The second kappa shape index (κ2) is 18.5. The highest BCUT2D eigenvalue weighted by atomic mass is 31.2. The van der Waals surface area contributed by atoms with E-state index < -0.39 is 68.1 Å². The number of oxime groups is 1. The monoisotopic (exact) mass is 789 g/mol. The molecule has 1 aromatic carbocycles. The van der Waals surface area contributed by atoms with Gasteiger partial charge in [-0.05, 0) is 44.5 Å². The highest BCUT2D eigenvalue weighted by Gasteiger charge is 2.59. The topological polar surface area (TPSA) is 220 Å². The Balaban J connectivity index is 1.43. The van der Waals surface area contributed by atoms with Gasteiger partial charge in [0, 0.05) is 25.6 Å². The van der Waals surface area contributed by atoms with Crippen molar-refractivity contribution in [2.24, 2.45) is 17.0 Å². The third kappa shape index (κ3) is 10.5. The maximum Gasteiger partial charge on any atom is 0.459 e. The lowest BCUT2D eigenvalue weighted by Crippen LogP contribution is -2.49. The molecule has 2 aromatic heterocycles. The summed E-state index contributed by atoms with van der Waals surface area (Å²) < 4.78 is 58.2. The number of hydrogen-bond donors (Lipinski definition) is 3. The Morgan fingerprint density at radius 3 is 2.47 bits per heavy atom. The lowest BCUT2D eigenvalue weighted by atomic mass is 9.95. The van der Waals surface area contributed by atoms with Crippen molar-refractivity contribution in [3.8, 4) is 5.75 Å². The smallest absolute Gasteiger partial charge is 0.459 e. The molecule has 55 heavy (non-hydrogen) atoms. The van der Waals surface area contributed by atoms with Crippen molar-refractivity contribution in [2.45, 2.75) is 77.9 Å². The summed E-state index contributed by atoms with van der Waals surface area (Å²) in [5.41, 5.74) is 5.45. The van der Waals surface area contributed by atoms with Crippen LogP contribution in [0.5, 0.6) is 5.75 Å². The average Bonchev–Trinajstić information content (AvgIpc) is 3.71. The van der Waals surface area contributed by atoms with Crippen LogP contribution in [0.3, 0.4) is 0 Å². The number of para-hydroxylation sites is 1. The highest BCUT2D eigenvalue weighted by Crippen LogP contribution is 2.50. The molecule has 1 unspecified atom stereocenters. The molecule has 2 aliphatic rings. The summed E-state index contributed by atoms with van der Waals surface area (Å²) in [5.74, 6) is -1.84. The summed E-state index contributed by atoms with van der Waals surface area (Å²) in [4.78, 5) is 32.6. The van der Waals surface area contributed by atoms with Gasteiger partial charge in [-0.1, -0.05) is 51.0 Å². The van der Waals surface area contributed by atoms with Gasteiger partial charge in [0.2, 0.25) is 5.90 Å². The van der Waals surface area contributed by atoms with Crippen molar-refractivity contribution in [1.29, 1.82) is 0 Å².